The highest BCUT2D eigenvalue weighted by atomic mass is 79.9. The molecule has 0 bridgehead atoms. The molecule has 0 amide bonds. The summed E-state index contributed by atoms with van der Waals surface area (Å²) in [4.78, 5) is -0.107. The summed E-state index contributed by atoms with van der Waals surface area (Å²) < 4.78 is 63.0. The number of ether oxygens (including phenoxy) is 1. The van der Waals surface area contributed by atoms with Gasteiger partial charge in [0.1, 0.15) is 5.75 Å². The Balaban J connectivity index is 2.99. The zero-order valence-electron chi connectivity index (χ0n) is 8.58. The third kappa shape index (κ3) is 4.95. The number of halogens is 4. The van der Waals surface area contributed by atoms with E-state index in [-0.39, 0.29) is 10.6 Å². The summed E-state index contributed by atoms with van der Waals surface area (Å²) in [5.74, 6) is -0.155. The molecule has 0 N–H and O–H groups in total. The molecule has 0 saturated carbocycles. The molecule has 0 fully saturated rings. The van der Waals surface area contributed by atoms with Crippen LogP contribution in [0.1, 0.15) is 0 Å². The Morgan fingerprint density at radius 3 is 2.35 bits per heavy atom. The molecular formula is C9H8BrF3O3S. The van der Waals surface area contributed by atoms with Gasteiger partial charge in [0.05, 0.1) is 4.90 Å². The first kappa shape index (κ1) is 14.3. The van der Waals surface area contributed by atoms with Crippen molar-refractivity contribution in [2.45, 2.75) is 11.1 Å². The van der Waals surface area contributed by atoms with E-state index in [1.807, 2.05) is 0 Å². The number of sulfone groups is 1. The monoisotopic (exact) mass is 332 g/mol. The van der Waals surface area contributed by atoms with Crippen molar-refractivity contribution in [1.82, 2.24) is 0 Å². The zero-order valence-corrected chi connectivity index (χ0v) is 11.0. The number of hydrogen-bond donors (Lipinski definition) is 0. The molecule has 0 aliphatic heterocycles. The molecule has 0 saturated heterocycles. The van der Waals surface area contributed by atoms with Gasteiger partial charge in [-0.25, -0.2) is 8.42 Å². The summed E-state index contributed by atoms with van der Waals surface area (Å²) in [7, 11) is -3.49. The Labute approximate surface area is 105 Å². The summed E-state index contributed by atoms with van der Waals surface area (Å²) >= 11 is 3.00. The van der Waals surface area contributed by atoms with Crippen molar-refractivity contribution in [3.05, 3.63) is 22.7 Å². The average molecular weight is 333 g/mol. The van der Waals surface area contributed by atoms with Crippen molar-refractivity contribution in [1.29, 1.82) is 0 Å². The molecule has 96 valence electrons. The van der Waals surface area contributed by atoms with Crippen molar-refractivity contribution in [2.24, 2.45) is 0 Å². The molecule has 0 aromatic heterocycles. The molecule has 1 rings (SSSR count). The van der Waals surface area contributed by atoms with Gasteiger partial charge < -0.3 is 4.74 Å². The van der Waals surface area contributed by atoms with E-state index in [0.29, 0.717) is 4.47 Å². The van der Waals surface area contributed by atoms with E-state index in [1.54, 1.807) is 0 Å². The maximum absolute atomic E-state index is 11.9. The average Bonchev–Trinajstić information content (AvgIpc) is 2.11. The van der Waals surface area contributed by atoms with Crippen LogP contribution in [-0.4, -0.2) is 27.5 Å². The van der Waals surface area contributed by atoms with Crippen molar-refractivity contribution >= 4 is 25.8 Å². The van der Waals surface area contributed by atoms with Crippen LogP contribution in [0, 0.1) is 0 Å². The normalized spacial score (nSPS) is 12.5. The topological polar surface area (TPSA) is 43.4 Å². The fourth-order valence-corrected chi connectivity index (χ4v) is 2.29. The first-order chi connectivity index (χ1) is 7.58. The van der Waals surface area contributed by atoms with Gasteiger partial charge >= 0.3 is 6.18 Å². The lowest BCUT2D eigenvalue weighted by Gasteiger charge is -2.10. The first-order valence-electron chi connectivity index (χ1n) is 4.28. The van der Waals surface area contributed by atoms with Gasteiger partial charge in [-0.1, -0.05) is 15.9 Å². The molecule has 0 heterocycles. The molecule has 0 atom stereocenters. The summed E-state index contributed by atoms with van der Waals surface area (Å²) in [6.07, 6.45) is -3.50. The second-order valence-electron chi connectivity index (χ2n) is 3.30. The van der Waals surface area contributed by atoms with E-state index < -0.39 is 22.6 Å². The first-order valence-corrected chi connectivity index (χ1v) is 6.96. The molecule has 17 heavy (non-hydrogen) atoms. The number of benzene rings is 1. The van der Waals surface area contributed by atoms with E-state index in [4.69, 9.17) is 0 Å². The van der Waals surface area contributed by atoms with Crippen molar-refractivity contribution in [3.8, 4) is 5.75 Å². The molecule has 0 unspecified atom stereocenters. The third-order valence-corrected chi connectivity index (χ3v) is 3.23. The van der Waals surface area contributed by atoms with Gasteiger partial charge in [-0.05, 0) is 18.2 Å². The van der Waals surface area contributed by atoms with E-state index in [9.17, 15) is 21.6 Å². The van der Waals surface area contributed by atoms with Crippen molar-refractivity contribution in [2.75, 3.05) is 12.9 Å². The van der Waals surface area contributed by atoms with Crippen LogP contribution in [0.4, 0.5) is 13.2 Å². The molecule has 1 aromatic carbocycles. The van der Waals surface area contributed by atoms with Crippen LogP contribution in [0.2, 0.25) is 0 Å². The van der Waals surface area contributed by atoms with Crippen LogP contribution in [0.25, 0.3) is 0 Å². The molecule has 0 radical (unpaired) electrons. The lowest BCUT2D eigenvalue weighted by molar-refractivity contribution is -0.153. The van der Waals surface area contributed by atoms with Gasteiger partial charge in [-0.15, -0.1) is 0 Å². The van der Waals surface area contributed by atoms with Gasteiger partial charge in [0, 0.05) is 10.7 Å². The van der Waals surface area contributed by atoms with Crippen LogP contribution < -0.4 is 4.74 Å². The lowest BCUT2D eigenvalue weighted by atomic mass is 10.3. The van der Waals surface area contributed by atoms with Crippen molar-refractivity contribution < 1.29 is 26.3 Å². The fraction of sp³-hybridized carbons (Fsp3) is 0.333. The van der Waals surface area contributed by atoms with Gasteiger partial charge in [-0.3, -0.25) is 0 Å². The van der Waals surface area contributed by atoms with Crippen LogP contribution in [0.15, 0.2) is 27.6 Å². The van der Waals surface area contributed by atoms with E-state index in [0.717, 1.165) is 12.3 Å². The Hall–Kier alpha value is -0.760. The standard InChI is InChI=1S/C9H8BrF3O3S/c1-17(14,15)8-3-6(10)2-7(4-8)16-5-9(11,12)13/h2-4H,5H2,1H3. The number of hydrogen-bond acceptors (Lipinski definition) is 3. The minimum atomic E-state index is -4.46. The van der Waals surface area contributed by atoms with E-state index >= 15 is 0 Å². The highest BCUT2D eigenvalue weighted by Gasteiger charge is 2.28. The summed E-state index contributed by atoms with van der Waals surface area (Å²) in [6, 6.07) is 3.60. The minimum absolute atomic E-state index is 0.107. The molecule has 0 aliphatic carbocycles. The molecule has 1 aromatic rings. The summed E-state index contributed by atoms with van der Waals surface area (Å²) in [5.41, 5.74) is 0. The summed E-state index contributed by atoms with van der Waals surface area (Å²) in [6.45, 7) is -1.47. The maximum atomic E-state index is 11.9. The number of alkyl halides is 3. The largest absolute Gasteiger partial charge is 0.484 e. The molecule has 0 aliphatic rings. The minimum Gasteiger partial charge on any atom is -0.484 e. The Morgan fingerprint density at radius 1 is 1.29 bits per heavy atom. The summed E-state index contributed by atoms with van der Waals surface area (Å²) in [5, 5.41) is 0. The predicted octanol–water partition coefficient (Wildman–Crippen LogP) is 2.79. The maximum Gasteiger partial charge on any atom is 0.422 e. The van der Waals surface area contributed by atoms with Crippen LogP contribution >= 0.6 is 15.9 Å². The highest BCUT2D eigenvalue weighted by molar-refractivity contribution is 9.10. The second-order valence-corrected chi connectivity index (χ2v) is 6.23. The second kappa shape index (κ2) is 4.85. The Bertz CT molecular complexity index is 511. The molecule has 0 spiro atoms. The predicted molar refractivity (Wildman–Crippen MR) is 58.8 cm³/mol. The van der Waals surface area contributed by atoms with Crippen molar-refractivity contribution in [3.63, 3.8) is 0 Å². The van der Waals surface area contributed by atoms with Crippen LogP contribution in [0.3, 0.4) is 0 Å². The smallest absolute Gasteiger partial charge is 0.422 e. The quantitative estimate of drug-likeness (QED) is 0.854. The third-order valence-electron chi connectivity index (χ3n) is 1.68. The number of rotatable bonds is 3. The van der Waals surface area contributed by atoms with Gasteiger partial charge in [0.25, 0.3) is 0 Å². The highest BCUT2D eigenvalue weighted by Crippen LogP contribution is 2.26. The van der Waals surface area contributed by atoms with Gasteiger partial charge in [-0.2, -0.15) is 13.2 Å². The van der Waals surface area contributed by atoms with Gasteiger partial charge in [0.2, 0.25) is 0 Å². The molecular weight excluding hydrogens is 325 g/mol. The van der Waals surface area contributed by atoms with E-state index in [1.165, 1.54) is 12.1 Å². The van der Waals surface area contributed by atoms with Gasteiger partial charge in [0.15, 0.2) is 16.4 Å². The Morgan fingerprint density at radius 2 is 1.88 bits per heavy atom. The molecule has 8 heteroatoms. The van der Waals surface area contributed by atoms with Crippen LogP contribution in [0.5, 0.6) is 5.75 Å². The SMILES string of the molecule is CS(=O)(=O)c1cc(Br)cc(OCC(F)(F)F)c1. The lowest BCUT2D eigenvalue weighted by Crippen LogP contribution is -2.19. The molecule has 3 nitrogen and oxygen atoms in total. The zero-order chi connectivity index (χ0) is 13.3. The van der Waals surface area contributed by atoms with Crippen LogP contribution in [-0.2, 0) is 9.84 Å². The van der Waals surface area contributed by atoms with E-state index in [2.05, 4.69) is 20.7 Å². The fourth-order valence-electron chi connectivity index (χ4n) is 1.000. The Kier molecular flexibility index (Phi) is 4.08.